The molecule has 1 fully saturated rings. The van der Waals surface area contributed by atoms with Crippen LogP contribution in [0, 0.1) is 0 Å². The molecule has 14 heavy (non-hydrogen) atoms. The van der Waals surface area contributed by atoms with Crippen LogP contribution in [0.2, 0.25) is 0 Å². The first-order valence-electron chi connectivity index (χ1n) is 5.04. The predicted octanol–water partition coefficient (Wildman–Crippen LogP) is 2.57. The third-order valence-electron chi connectivity index (χ3n) is 2.16. The average Bonchev–Trinajstić information content (AvgIpc) is 2.48. The largest absolute Gasteiger partial charge is 0.444 e. The molecule has 0 aliphatic carbocycles. The minimum Gasteiger partial charge on any atom is -0.444 e. The lowest BCUT2D eigenvalue weighted by Gasteiger charge is -2.23. The Morgan fingerprint density at radius 2 is 2.14 bits per heavy atom. The third-order valence-corrected chi connectivity index (χ3v) is 2.16. The summed E-state index contributed by atoms with van der Waals surface area (Å²) < 4.78 is 5.27. The van der Waals surface area contributed by atoms with Crippen LogP contribution in [-0.4, -0.2) is 29.7 Å². The fourth-order valence-corrected chi connectivity index (χ4v) is 1.40. The number of hydrogen-bond acceptors (Lipinski definition) is 2. The molecular weight excluding hydrogens is 178 g/mol. The zero-order valence-electron chi connectivity index (χ0n) is 9.46. The second kappa shape index (κ2) is 4.03. The number of ether oxygens (including phenoxy) is 1. The second-order valence-corrected chi connectivity index (χ2v) is 4.60. The molecule has 3 heteroatoms. The molecular formula is C11H19NO2. The van der Waals surface area contributed by atoms with Crippen molar-refractivity contribution < 1.29 is 9.53 Å². The first-order chi connectivity index (χ1) is 6.42. The number of rotatable bonds is 0. The van der Waals surface area contributed by atoms with Gasteiger partial charge in [-0.25, -0.2) is 4.79 Å². The van der Waals surface area contributed by atoms with Crippen LogP contribution in [-0.2, 0) is 4.74 Å². The summed E-state index contributed by atoms with van der Waals surface area (Å²) in [4.78, 5) is 13.3. The maximum Gasteiger partial charge on any atom is 0.410 e. The fourth-order valence-electron chi connectivity index (χ4n) is 1.40. The Morgan fingerprint density at radius 3 is 2.57 bits per heavy atom. The minimum atomic E-state index is -0.393. The van der Waals surface area contributed by atoms with E-state index in [1.54, 1.807) is 4.90 Å². The van der Waals surface area contributed by atoms with Crippen molar-refractivity contribution in [2.75, 3.05) is 13.1 Å². The van der Waals surface area contributed by atoms with Gasteiger partial charge in [-0.05, 0) is 34.1 Å². The van der Waals surface area contributed by atoms with Crippen molar-refractivity contribution in [3.8, 4) is 0 Å². The Balaban J connectivity index is 2.48. The summed E-state index contributed by atoms with van der Waals surface area (Å²) in [6.45, 7) is 9.18. The van der Waals surface area contributed by atoms with E-state index < -0.39 is 5.60 Å². The van der Waals surface area contributed by atoms with E-state index in [2.05, 4.69) is 6.08 Å². The zero-order chi connectivity index (χ0) is 10.8. The summed E-state index contributed by atoms with van der Waals surface area (Å²) >= 11 is 0. The molecule has 0 aromatic rings. The van der Waals surface area contributed by atoms with Gasteiger partial charge in [0, 0.05) is 13.1 Å². The highest BCUT2D eigenvalue weighted by Crippen LogP contribution is 2.18. The van der Waals surface area contributed by atoms with Gasteiger partial charge < -0.3 is 9.64 Å². The SMILES string of the molecule is C/C=C1\CCN(C(=O)OC(C)(C)C)C1. The van der Waals surface area contributed by atoms with Crippen molar-refractivity contribution >= 4 is 6.09 Å². The molecule has 0 aromatic carbocycles. The van der Waals surface area contributed by atoms with Gasteiger partial charge in [0.15, 0.2) is 0 Å². The smallest absolute Gasteiger partial charge is 0.410 e. The molecule has 0 radical (unpaired) electrons. The monoisotopic (exact) mass is 197 g/mol. The normalized spacial score (nSPS) is 20.3. The molecule has 3 nitrogen and oxygen atoms in total. The van der Waals surface area contributed by atoms with Crippen molar-refractivity contribution in [2.24, 2.45) is 0 Å². The van der Waals surface area contributed by atoms with Crippen molar-refractivity contribution in [1.29, 1.82) is 0 Å². The van der Waals surface area contributed by atoms with Crippen LogP contribution >= 0.6 is 0 Å². The summed E-state index contributed by atoms with van der Waals surface area (Å²) in [5, 5.41) is 0. The topological polar surface area (TPSA) is 29.5 Å². The van der Waals surface area contributed by atoms with Crippen LogP contribution < -0.4 is 0 Å². The fraction of sp³-hybridized carbons (Fsp3) is 0.727. The quantitative estimate of drug-likeness (QED) is 0.558. The van der Waals surface area contributed by atoms with Gasteiger partial charge in [-0.3, -0.25) is 0 Å². The first-order valence-corrected chi connectivity index (χ1v) is 5.04. The van der Waals surface area contributed by atoms with Crippen molar-refractivity contribution in [3.63, 3.8) is 0 Å². The Labute approximate surface area is 85.7 Å². The average molecular weight is 197 g/mol. The van der Waals surface area contributed by atoms with Gasteiger partial charge in [0.25, 0.3) is 0 Å². The molecule has 0 atom stereocenters. The molecule has 1 rings (SSSR count). The number of carbonyl (C=O) groups is 1. The van der Waals surface area contributed by atoms with E-state index in [0.717, 1.165) is 19.5 Å². The van der Waals surface area contributed by atoms with Gasteiger partial charge >= 0.3 is 6.09 Å². The Hall–Kier alpha value is -0.990. The van der Waals surface area contributed by atoms with E-state index >= 15 is 0 Å². The number of amides is 1. The maximum atomic E-state index is 11.6. The number of nitrogens with zero attached hydrogens (tertiary/aromatic N) is 1. The van der Waals surface area contributed by atoms with Gasteiger partial charge in [-0.1, -0.05) is 11.6 Å². The molecule has 1 heterocycles. The molecule has 0 unspecified atom stereocenters. The molecule has 0 bridgehead atoms. The highest BCUT2D eigenvalue weighted by atomic mass is 16.6. The number of likely N-dealkylation sites (tertiary alicyclic amines) is 1. The predicted molar refractivity (Wildman–Crippen MR) is 56.2 cm³/mol. The lowest BCUT2D eigenvalue weighted by Crippen LogP contribution is -2.34. The Morgan fingerprint density at radius 1 is 1.50 bits per heavy atom. The second-order valence-electron chi connectivity index (χ2n) is 4.60. The van der Waals surface area contributed by atoms with Gasteiger partial charge in [-0.15, -0.1) is 0 Å². The number of carbonyl (C=O) groups excluding carboxylic acids is 1. The van der Waals surface area contributed by atoms with E-state index in [-0.39, 0.29) is 6.09 Å². The summed E-state index contributed by atoms with van der Waals surface area (Å²) in [6.07, 6.45) is 2.86. The minimum absolute atomic E-state index is 0.200. The summed E-state index contributed by atoms with van der Waals surface area (Å²) in [5.41, 5.74) is 0.923. The highest BCUT2D eigenvalue weighted by Gasteiger charge is 2.25. The molecule has 1 aliphatic rings. The van der Waals surface area contributed by atoms with E-state index in [0.29, 0.717) is 0 Å². The van der Waals surface area contributed by atoms with Crippen LogP contribution in [0.1, 0.15) is 34.1 Å². The summed E-state index contributed by atoms with van der Waals surface area (Å²) in [5.74, 6) is 0. The molecule has 1 saturated heterocycles. The number of allylic oxidation sites excluding steroid dienone is 1. The standard InChI is InChI=1S/C11H19NO2/c1-5-9-6-7-12(8-9)10(13)14-11(2,3)4/h5H,6-8H2,1-4H3/b9-5+. The van der Waals surface area contributed by atoms with Gasteiger partial charge in [0.1, 0.15) is 5.60 Å². The number of hydrogen-bond donors (Lipinski definition) is 0. The van der Waals surface area contributed by atoms with Crippen LogP contribution in [0.4, 0.5) is 4.79 Å². The lowest BCUT2D eigenvalue weighted by atomic mass is 10.2. The van der Waals surface area contributed by atoms with Crippen LogP contribution in [0.3, 0.4) is 0 Å². The van der Waals surface area contributed by atoms with E-state index in [9.17, 15) is 4.79 Å². The van der Waals surface area contributed by atoms with Crippen LogP contribution in [0.15, 0.2) is 11.6 Å². The Kier molecular flexibility index (Phi) is 3.19. The Bertz CT molecular complexity index is 251. The van der Waals surface area contributed by atoms with E-state index in [4.69, 9.17) is 4.74 Å². The zero-order valence-corrected chi connectivity index (χ0v) is 9.46. The molecule has 0 aromatic heterocycles. The molecule has 0 saturated carbocycles. The van der Waals surface area contributed by atoms with Gasteiger partial charge in [0.2, 0.25) is 0 Å². The molecule has 0 spiro atoms. The van der Waals surface area contributed by atoms with Gasteiger partial charge in [0.05, 0.1) is 0 Å². The van der Waals surface area contributed by atoms with Gasteiger partial charge in [-0.2, -0.15) is 0 Å². The van der Waals surface area contributed by atoms with Crippen LogP contribution in [0.25, 0.3) is 0 Å². The molecule has 0 N–H and O–H groups in total. The van der Waals surface area contributed by atoms with E-state index in [1.807, 2.05) is 27.7 Å². The first kappa shape index (κ1) is 11.1. The highest BCUT2D eigenvalue weighted by molar-refractivity contribution is 5.69. The summed E-state index contributed by atoms with van der Waals surface area (Å²) in [6, 6.07) is 0. The molecule has 1 amide bonds. The third kappa shape index (κ3) is 3.05. The molecule has 1 aliphatic heterocycles. The van der Waals surface area contributed by atoms with Crippen molar-refractivity contribution in [1.82, 2.24) is 4.90 Å². The van der Waals surface area contributed by atoms with Crippen LogP contribution in [0.5, 0.6) is 0 Å². The molecule has 80 valence electrons. The van der Waals surface area contributed by atoms with E-state index in [1.165, 1.54) is 5.57 Å². The van der Waals surface area contributed by atoms with Crippen molar-refractivity contribution in [2.45, 2.75) is 39.7 Å². The van der Waals surface area contributed by atoms with Crippen molar-refractivity contribution in [3.05, 3.63) is 11.6 Å². The summed E-state index contributed by atoms with van der Waals surface area (Å²) in [7, 11) is 0. The lowest BCUT2D eigenvalue weighted by molar-refractivity contribution is 0.0299. The maximum absolute atomic E-state index is 11.6.